The molecule has 0 radical (unpaired) electrons. The lowest BCUT2D eigenvalue weighted by molar-refractivity contribution is 0.139. The molecule has 0 aromatic carbocycles. The van der Waals surface area contributed by atoms with Crippen molar-refractivity contribution in [1.82, 2.24) is 15.1 Å². The van der Waals surface area contributed by atoms with E-state index in [0.717, 1.165) is 55.8 Å². The van der Waals surface area contributed by atoms with Gasteiger partial charge in [0.1, 0.15) is 0 Å². The van der Waals surface area contributed by atoms with Crippen molar-refractivity contribution in [3.8, 4) is 0 Å². The number of aliphatic imine (C=N–C) groups is 1. The Kier molecular flexibility index (Phi) is 6.32. The van der Waals surface area contributed by atoms with Crippen LogP contribution in [0.3, 0.4) is 0 Å². The van der Waals surface area contributed by atoms with Gasteiger partial charge < -0.3 is 15.0 Å². The van der Waals surface area contributed by atoms with Gasteiger partial charge in [-0.1, -0.05) is 22.5 Å². The highest BCUT2D eigenvalue weighted by Crippen LogP contribution is 2.15. The van der Waals surface area contributed by atoms with Crippen molar-refractivity contribution >= 4 is 21.9 Å². The van der Waals surface area contributed by atoms with E-state index in [1.807, 2.05) is 7.05 Å². The quantitative estimate of drug-likeness (QED) is 0.613. The Balaban J connectivity index is 1.73. The molecule has 0 aromatic heterocycles. The van der Waals surface area contributed by atoms with E-state index in [1.165, 1.54) is 13.0 Å². The highest BCUT2D eigenvalue weighted by atomic mass is 79.9. The molecule has 0 saturated carbocycles. The van der Waals surface area contributed by atoms with E-state index in [0.29, 0.717) is 6.54 Å². The molecule has 1 unspecified atom stereocenters. The average molecular weight is 345 g/mol. The standard InChI is InChI=1S/C14H25BrN4O/c1-12(15)9-17-14(16-2)19-6-4-18(5-7-19)10-13-3-8-20-11-13/h13H,1,3-11H2,2H3,(H,16,17). The maximum atomic E-state index is 5.45. The summed E-state index contributed by atoms with van der Waals surface area (Å²) in [7, 11) is 1.83. The summed E-state index contributed by atoms with van der Waals surface area (Å²) in [4.78, 5) is 9.21. The van der Waals surface area contributed by atoms with Gasteiger partial charge in [-0.05, 0) is 12.3 Å². The summed E-state index contributed by atoms with van der Waals surface area (Å²) >= 11 is 3.36. The van der Waals surface area contributed by atoms with Gasteiger partial charge in [0, 0.05) is 57.4 Å². The summed E-state index contributed by atoms with van der Waals surface area (Å²) in [6.45, 7) is 11.9. The Labute approximate surface area is 130 Å². The monoisotopic (exact) mass is 344 g/mol. The van der Waals surface area contributed by atoms with E-state index >= 15 is 0 Å². The summed E-state index contributed by atoms with van der Waals surface area (Å²) in [6, 6.07) is 0. The van der Waals surface area contributed by atoms with E-state index < -0.39 is 0 Å². The molecular formula is C14H25BrN4O. The van der Waals surface area contributed by atoms with E-state index in [4.69, 9.17) is 4.74 Å². The Morgan fingerprint density at radius 3 is 2.70 bits per heavy atom. The first kappa shape index (κ1) is 15.8. The van der Waals surface area contributed by atoms with Crippen molar-refractivity contribution in [1.29, 1.82) is 0 Å². The first-order valence-electron chi connectivity index (χ1n) is 7.28. The third-order valence-electron chi connectivity index (χ3n) is 3.86. The second-order valence-corrected chi connectivity index (χ2v) is 6.56. The van der Waals surface area contributed by atoms with Crippen LogP contribution >= 0.6 is 15.9 Å². The zero-order chi connectivity index (χ0) is 14.4. The summed E-state index contributed by atoms with van der Waals surface area (Å²) in [6.07, 6.45) is 1.22. The molecule has 2 fully saturated rings. The summed E-state index contributed by atoms with van der Waals surface area (Å²) < 4.78 is 6.39. The van der Waals surface area contributed by atoms with Gasteiger partial charge in [0.25, 0.3) is 0 Å². The topological polar surface area (TPSA) is 40.1 Å². The van der Waals surface area contributed by atoms with Crippen molar-refractivity contribution in [3.05, 3.63) is 11.1 Å². The molecule has 5 nitrogen and oxygen atoms in total. The number of halogens is 1. The zero-order valence-electron chi connectivity index (χ0n) is 12.3. The number of piperazine rings is 1. The minimum atomic E-state index is 0.715. The van der Waals surface area contributed by atoms with Crippen molar-refractivity contribution in [2.75, 3.05) is 59.5 Å². The van der Waals surface area contributed by atoms with Crippen LogP contribution < -0.4 is 5.32 Å². The largest absolute Gasteiger partial charge is 0.381 e. The van der Waals surface area contributed by atoms with Crippen LogP contribution in [0.5, 0.6) is 0 Å². The summed E-state index contributed by atoms with van der Waals surface area (Å²) in [5.41, 5.74) is 0. The second-order valence-electron chi connectivity index (χ2n) is 5.44. The highest BCUT2D eigenvalue weighted by Gasteiger charge is 2.23. The lowest BCUT2D eigenvalue weighted by Crippen LogP contribution is -2.53. The summed E-state index contributed by atoms with van der Waals surface area (Å²) in [5, 5.41) is 3.32. The number of hydrogen-bond acceptors (Lipinski definition) is 3. The minimum Gasteiger partial charge on any atom is -0.381 e. The lowest BCUT2D eigenvalue weighted by Gasteiger charge is -2.37. The van der Waals surface area contributed by atoms with Crippen LogP contribution in [0.15, 0.2) is 16.1 Å². The Morgan fingerprint density at radius 2 is 2.15 bits per heavy atom. The predicted molar refractivity (Wildman–Crippen MR) is 86.4 cm³/mol. The van der Waals surface area contributed by atoms with Crippen LogP contribution in [0.1, 0.15) is 6.42 Å². The predicted octanol–water partition coefficient (Wildman–Crippen LogP) is 1.12. The van der Waals surface area contributed by atoms with E-state index in [1.54, 1.807) is 0 Å². The molecule has 0 aliphatic carbocycles. The lowest BCUT2D eigenvalue weighted by atomic mass is 10.1. The molecule has 2 rings (SSSR count). The first-order chi connectivity index (χ1) is 9.69. The van der Waals surface area contributed by atoms with Gasteiger partial charge in [0.2, 0.25) is 0 Å². The normalized spacial score (nSPS) is 25.0. The van der Waals surface area contributed by atoms with Crippen molar-refractivity contribution < 1.29 is 4.74 Å². The summed E-state index contributed by atoms with van der Waals surface area (Å²) in [5.74, 6) is 1.70. The van der Waals surface area contributed by atoms with Crippen molar-refractivity contribution in [2.45, 2.75) is 6.42 Å². The Morgan fingerprint density at radius 1 is 1.40 bits per heavy atom. The van der Waals surface area contributed by atoms with E-state index in [2.05, 4.69) is 42.6 Å². The fourth-order valence-electron chi connectivity index (χ4n) is 2.74. The molecule has 0 amide bonds. The number of hydrogen-bond donors (Lipinski definition) is 1. The van der Waals surface area contributed by atoms with Gasteiger partial charge in [-0.3, -0.25) is 9.89 Å². The Bertz CT molecular complexity index is 347. The van der Waals surface area contributed by atoms with E-state index in [-0.39, 0.29) is 0 Å². The molecule has 1 atom stereocenters. The van der Waals surface area contributed by atoms with Crippen LogP contribution in [0, 0.1) is 5.92 Å². The smallest absolute Gasteiger partial charge is 0.194 e. The van der Waals surface area contributed by atoms with Gasteiger partial charge in [0.05, 0.1) is 6.61 Å². The van der Waals surface area contributed by atoms with Gasteiger partial charge in [-0.15, -0.1) is 0 Å². The fraction of sp³-hybridized carbons (Fsp3) is 0.786. The minimum absolute atomic E-state index is 0.715. The van der Waals surface area contributed by atoms with Gasteiger partial charge >= 0.3 is 0 Å². The molecule has 20 heavy (non-hydrogen) atoms. The Hall–Kier alpha value is -0.590. The SMILES string of the molecule is C=C(Br)CNC(=NC)N1CCN(CC2CCOC2)CC1. The molecule has 0 aromatic rings. The van der Waals surface area contributed by atoms with Gasteiger partial charge in [0.15, 0.2) is 5.96 Å². The maximum absolute atomic E-state index is 5.45. The third kappa shape index (κ3) is 4.75. The molecule has 2 saturated heterocycles. The first-order valence-corrected chi connectivity index (χ1v) is 8.07. The van der Waals surface area contributed by atoms with Gasteiger partial charge in [-0.2, -0.15) is 0 Å². The fourth-order valence-corrected chi connectivity index (χ4v) is 2.88. The molecule has 1 N–H and O–H groups in total. The number of rotatable bonds is 4. The van der Waals surface area contributed by atoms with Gasteiger partial charge in [-0.25, -0.2) is 0 Å². The molecule has 0 bridgehead atoms. The molecule has 6 heteroatoms. The second kappa shape index (κ2) is 8.00. The molecule has 0 spiro atoms. The van der Waals surface area contributed by atoms with Crippen LogP contribution in [0.4, 0.5) is 0 Å². The number of ether oxygens (including phenoxy) is 1. The average Bonchev–Trinajstić information content (AvgIpc) is 2.94. The van der Waals surface area contributed by atoms with Crippen molar-refractivity contribution in [3.63, 3.8) is 0 Å². The highest BCUT2D eigenvalue weighted by molar-refractivity contribution is 9.11. The number of guanidine groups is 1. The van der Waals surface area contributed by atoms with Crippen molar-refractivity contribution in [2.24, 2.45) is 10.9 Å². The van der Waals surface area contributed by atoms with Crippen LogP contribution in [0.25, 0.3) is 0 Å². The molecule has 2 heterocycles. The molecule has 2 aliphatic heterocycles. The third-order valence-corrected chi connectivity index (χ3v) is 4.14. The van der Waals surface area contributed by atoms with E-state index in [9.17, 15) is 0 Å². The molecule has 2 aliphatic rings. The van der Waals surface area contributed by atoms with Crippen LogP contribution in [-0.2, 0) is 4.74 Å². The maximum Gasteiger partial charge on any atom is 0.194 e. The number of nitrogens with zero attached hydrogens (tertiary/aromatic N) is 3. The molecule has 114 valence electrons. The zero-order valence-corrected chi connectivity index (χ0v) is 13.9. The van der Waals surface area contributed by atoms with Crippen LogP contribution in [0.2, 0.25) is 0 Å². The van der Waals surface area contributed by atoms with Crippen LogP contribution in [-0.4, -0.2) is 75.3 Å². The number of nitrogens with one attached hydrogen (secondary N) is 1. The molecular weight excluding hydrogens is 320 g/mol.